The molecule has 1 fully saturated rings. The number of rotatable bonds is 5. The summed E-state index contributed by atoms with van der Waals surface area (Å²) in [5.41, 5.74) is 1.93. The lowest BCUT2D eigenvalue weighted by molar-refractivity contribution is -0.384. The van der Waals surface area contributed by atoms with Crippen LogP contribution in [0.15, 0.2) is 46.8 Å². The smallest absolute Gasteiger partial charge is 0.337 e. The molecule has 1 saturated carbocycles. The van der Waals surface area contributed by atoms with Crippen molar-refractivity contribution < 1.29 is 28.8 Å². The fourth-order valence-corrected chi connectivity index (χ4v) is 5.50. The van der Waals surface area contributed by atoms with E-state index in [0.29, 0.717) is 23.4 Å². The maximum atomic E-state index is 13.7. The Morgan fingerprint density at radius 2 is 1.89 bits per heavy atom. The molecule has 3 atom stereocenters. The Kier molecular flexibility index (Phi) is 7.05. The largest absolute Gasteiger partial charge is 0.468 e. The number of dihydropyridines is 1. The second-order valence-corrected chi connectivity index (χ2v) is 9.55. The maximum Gasteiger partial charge on any atom is 0.337 e. The number of Topliss-reactive ketones (excluding diaryl/α,β-unsaturated/α-hetero) is 1. The van der Waals surface area contributed by atoms with E-state index in [0.717, 1.165) is 32.1 Å². The lowest BCUT2D eigenvalue weighted by Gasteiger charge is -2.38. The third-order valence-electron chi connectivity index (χ3n) is 7.20. The van der Waals surface area contributed by atoms with Gasteiger partial charge in [0.15, 0.2) is 5.78 Å². The number of carbonyl (C=O) groups is 3. The molecule has 1 N–H and O–H groups in total. The molecule has 9 heteroatoms. The third-order valence-corrected chi connectivity index (χ3v) is 7.20. The van der Waals surface area contributed by atoms with Gasteiger partial charge < -0.3 is 14.8 Å². The number of hydrogen-bond donors (Lipinski definition) is 1. The van der Waals surface area contributed by atoms with E-state index >= 15 is 0 Å². The van der Waals surface area contributed by atoms with Gasteiger partial charge >= 0.3 is 11.9 Å². The first kappa shape index (κ1) is 24.6. The van der Waals surface area contributed by atoms with Gasteiger partial charge in [-0.05, 0) is 50.5 Å². The summed E-state index contributed by atoms with van der Waals surface area (Å²) in [6.45, 7) is 3.55. The Bertz CT molecular complexity index is 1130. The summed E-state index contributed by atoms with van der Waals surface area (Å²) in [7, 11) is 1.24. The summed E-state index contributed by atoms with van der Waals surface area (Å²) in [6.07, 6.45) is 4.82. The third kappa shape index (κ3) is 4.72. The zero-order valence-corrected chi connectivity index (χ0v) is 20.2. The van der Waals surface area contributed by atoms with E-state index in [2.05, 4.69) is 5.32 Å². The van der Waals surface area contributed by atoms with E-state index in [9.17, 15) is 24.5 Å². The molecular formula is C26H30N2O7. The number of nitrogens with zero attached hydrogens (tertiary/aromatic N) is 1. The van der Waals surface area contributed by atoms with Gasteiger partial charge in [0.1, 0.15) is 12.0 Å². The van der Waals surface area contributed by atoms with Crippen LogP contribution >= 0.6 is 0 Å². The summed E-state index contributed by atoms with van der Waals surface area (Å²) >= 11 is 0. The average molecular weight is 483 g/mol. The number of hydrogen-bond acceptors (Lipinski definition) is 8. The molecule has 2 aliphatic carbocycles. The molecule has 1 aliphatic heterocycles. The standard InChI is InChI=1S/C26H30N2O7/c1-14-12-19-23(24(29)20(14)25(30)34-3)22(16-8-7-9-17(13-16)28(32)33)21(15(2)27-19)26(31)35-18-10-5-4-6-11-18/h7-9,13-14,18,20,22,27H,4-6,10-12H2,1-3H3/t14-,20-,22+/m1/s1. The number of ether oxygens (including phenoxy) is 2. The van der Waals surface area contributed by atoms with Crippen LogP contribution in [0.25, 0.3) is 0 Å². The van der Waals surface area contributed by atoms with Gasteiger partial charge in [0.25, 0.3) is 5.69 Å². The van der Waals surface area contributed by atoms with E-state index in [1.54, 1.807) is 19.9 Å². The minimum Gasteiger partial charge on any atom is -0.468 e. The highest BCUT2D eigenvalue weighted by atomic mass is 16.6. The zero-order chi connectivity index (χ0) is 25.3. The van der Waals surface area contributed by atoms with Crippen molar-refractivity contribution in [3.63, 3.8) is 0 Å². The summed E-state index contributed by atoms with van der Waals surface area (Å²) in [4.78, 5) is 50.7. The van der Waals surface area contributed by atoms with Crippen LogP contribution in [0.2, 0.25) is 0 Å². The fourth-order valence-electron chi connectivity index (χ4n) is 5.50. The van der Waals surface area contributed by atoms with Crippen molar-refractivity contribution in [2.45, 2.75) is 64.4 Å². The van der Waals surface area contributed by atoms with Gasteiger partial charge in [0.2, 0.25) is 0 Å². The Labute approximate surface area is 203 Å². The number of allylic oxidation sites excluding steroid dienone is 3. The van der Waals surface area contributed by atoms with Crippen LogP contribution in [0.5, 0.6) is 0 Å². The van der Waals surface area contributed by atoms with E-state index in [-0.39, 0.29) is 28.9 Å². The normalized spacial score (nSPS) is 25.0. The van der Waals surface area contributed by atoms with Gasteiger partial charge in [-0.25, -0.2) is 4.79 Å². The van der Waals surface area contributed by atoms with Gasteiger partial charge in [-0.2, -0.15) is 0 Å². The molecule has 1 aromatic rings. The molecule has 0 amide bonds. The predicted octanol–water partition coefficient (Wildman–Crippen LogP) is 4.08. The van der Waals surface area contributed by atoms with Crippen molar-refractivity contribution in [1.82, 2.24) is 5.32 Å². The summed E-state index contributed by atoms with van der Waals surface area (Å²) < 4.78 is 10.8. The molecule has 9 nitrogen and oxygen atoms in total. The molecule has 0 aromatic heterocycles. The van der Waals surface area contributed by atoms with Crippen molar-refractivity contribution >= 4 is 23.4 Å². The highest BCUT2D eigenvalue weighted by molar-refractivity contribution is 6.12. The Morgan fingerprint density at radius 1 is 1.17 bits per heavy atom. The van der Waals surface area contributed by atoms with E-state index < -0.39 is 34.5 Å². The summed E-state index contributed by atoms with van der Waals surface area (Å²) in [5, 5.41) is 14.7. The number of non-ortho nitro benzene ring substituents is 1. The van der Waals surface area contributed by atoms with Crippen molar-refractivity contribution in [3.05, 3.63) is 62.5 Å². The van der Waals surface area contributed by atoms with E-state index in [4.69, 9.17) is 9.47 Å². The number of nitrogens with one attached hydrogen (secondary N) is 1. The summed E-state index contributed by atoms with van der Waals surface area (Å²) in [6, 6.07) is 5.93. The minimum absolute atomic E-state index is 0.151. The van der Waals surface area contributed by atoms with Crippen molar-refractivity contribution in [2.24, 2.45) is 11.8 Å². The molecule has 186 valence electrons. The van der Waals surface area contributed by atoms with Crippen molar-refractivity contribution in [1.29, 1.82) is 0 Å². The van der Waals surface area contributed by atoms with Gasteiger partial charge in [-0.3, -0.25) is 19.7 Å². The van der Waals surface area contributed by atoms with Crippen LogP contribution < -0.4 is 5.32 Å². The number of ketones is 1. The molecular weight excluding hydrogens is 452 g/mol. The molecule has 0 spiro atoms. The molecule has 0 saturated heterocycles. The monoisotopic (exact) mass is 482 g/mol. The van der Waals surface area contributed by atoms with Crippen LogP contribution in [0, 0.1) is 22.0 Å². The van der Waals surface area contributed by atoms with Crippen LogP contribution in [-0.4, -0.2) is 35.9 Å². The second-order valence-electron chi connectivity index (χ2n) is 9.55. The van der Waals surface area contributed by atoms with Gasteiger partial charge in [-0.15, -0.1) is 0 Å². The van der Waals surface area contributed by atoms with Crippen LogP contribution in [0.4, 0.5) is 5.69 Å². The number of nitro groups is 1. The Hall–Kier alpha value is -3.49. The van der Waals surface area contributed by atoms with E-state index in [1.165, 1.54) is 25.3 Å². The lowest BCUT2D eigenvalue weighted by Crippen LogP contribution is -2.43. The van der Waals surface area contributed by atoms with Crippen LogP contribution in [0.3, 0.4) is 0 Å². The molecule has 0 radical (unpaired) electrons. The first-order valence-corrected chi connectivity index (χ1v) is 12.0. The topological polar surface area (TPSA) is 125 Å². The Morgan fingerprint density at radius 3 is 2.54 bits per heavy atom. The lowest BCUT2D eigenvalue weighted by atomic mass is 9.69. The molecule has 35 heavy (non-hydrogen) atoms. The molecule has 1 aromatic carbocycles. The second kappa shape index (κ2) is 10.0. The number of carbonyl (C=O) groups excluding carboxylic acids is 3. The van der Waals surface area contributed by atoms with Gasteiger partial charge in [-0.1, -0.05) is 25.5 Å². The molecule has 4 rings (SSSR count). The molecule has 0 bridgehead atoms. The van der Waals surface area contributed by atoms with E-state index in [1.807, 2.05) is 0 Å². The zero-order valence-electron chi connectivity index (χ0n) is 20.2. The predicted molar refractivity (Wildman–Crippen MR) is 126 cm³/mol. The maximum absolute atomic E-state index is 13.7. The summed E-state index contributed by atoms with van der Waals surface area (Å²) in [5.74, 6) is -3.85. The van der Waals surface area contributed by atoms with Crippen molar-refractivity contribution in [2.75, 3.05) is 7.11 Å². The quantitative estimate of drug-likeness (QED) is 0.288. The molecule has 1 heterocycles. The average Bonchev–Trinajstić information content (AvgIpc) is 2.83. The van der Waals surface area contributed by atoms with Crippen LogP contribution in [-0.2, 0) is 23.9 Å². The highest BCUT2D eigenvalue weighted by Gasteiger charge is 2.47. The van der Waals surface area contributed by atoms with Crippen molar-refractivity contribution in [3.8, 4) is 0 Å². The van der Waals surface area contributed by atoms with Crippen LogP contribution in [0.1, 0.15) is 63.9 Å². The Balaban J connectivity index is 1.82. The first-order chi connectivity index (χ1) is 16.7. The molecule has 3 aliphatic rings. The number of esters is 2. The minimum atomic E-state index is -1.02. The molecule has 0 unspecified atom stereocenters. The first-order valence-electron chi connectivity index (χ1n) is 12.0. The number of methoxy groups -OCH3 is 1. The number of nitro benzene ring substituents is 1. The van der Waals surface area contributed by atoms with Gasteiger partial charge in [0.05, 0.1) is 17.6 Å². The SMILES string of the molecule is COC(=O)[C@H]1C(=O)C2=C(C[C@H]1C)NC(C)=C(C(=O)OC1CCCCC1)[C@@H]2c1cccc([N+](=O)[O-])c1. The fraction of sp³-hybridized carbons (Fsp3) is 0.500. The number of benzene rings is 1. The highest BCUT2D eigenvalue weighted by Crippen LogP contribution is 2.46. The van der Waals surface area contributed by atoms with Gasteiger partial charge in [0, 0.05) is 35.0 Å².